The van der Waals surface area contributed by atoms with Crippen LogP contribution < -0.4 is 10.2 Å². The molecule has 1 aliphatic rings. The Labute approximate surface area is 182 Å². The van der Waals surface area contributed by atoms with Gasteiger partial charge in [-0.25, -0.2) is 0 Å². The van der Waals surface area contributed by atoms with E-state index in [1.165, 1.54) is 17.3 Å². The average molecular weight is 425 g/mol. The summed E-state index contributed by atoms with van der Waals surface area (Å²) >= 11 is 1.45. The summed E-state index contributed by atoms with van der Waals surface area (Å²) in [6, 6.07) is 15.9. The highest BCUT2D eigenvalue weighted by molar-refractivity contribution is 8.04. The zero-order valence-corrected chi connectivity index (χ0v) is 18.3. The minimum atomic E-state index is -0.173. The summed E-state index contributed by atoms with van der Waals surface area (Å²) in [6.45, 7) is 5.87. The Bertz CT molecular complexity index is 909. The maximum Gasteiger partial charge on any atom is 0.265 e. The zero-order chi connectivity index (χ0) is 21.3. The van der Waals surface area contributed by atoms with E-state index in [2.05, 4.69) is 24.4 Å². The van der Waals surface area contributed by atoms with Crippen LogP contribution in [0.1, 0.15) is 31.4 Å². The van der Waals surface area contributed by atoms with Gasteiger partial charge >= 0.3 is 0 Å². The Morgan fingerprint density at radius 2 is 1.90 bits per heavy atom. The van der Waals surface area contributed by atoms with Gasteiger partial charge in [-0.1, -0.05) is 55.1 Å². The van der Waals surface area contributed by atoms with Crippen LogP contribution in [-0.2, 0) is 20.7 Å². The van der Waals surface area contributed by atoms with Gasteiger partial charge in [-0.3, -0.25) is 14.5 Å². The number of nitrogens with one attached hydrogen (secondary N) is 1. The van der Waals surface area contributed by atoms with Gasteiger partial charge < -0.3 is 10.1 Å². The fourth-order valence-electron chi connectivity index (χ4n) is 3.17. The molecule has 158 valence electrons. The van der Waals surface area contributed by atoms with Crippen LogP contribution >= 0.6 is 11.8 Å². The number of ether oxygens (including phenoxy) is 1. The summed E-state index contributed by atoms with van der Waals surface area (Å²) in [6.07, 6.45) is 3.62. The zero-order valence-electron chi connectivity index (χ0n) is 17.5. The molecule has 2 amide bonds. The second kappa shape index (κ2) is 11.0. The van der Waals surface area contributed by atoms with Crippen molar-refractivity contribution < 1.29 is 14.3 Å². The Morgan fingerprint density at radius 3 is 2.63 bits per heavy atom. The monoisotopic (exact) mass is 424 g/mol. The highest BCUT2D eigenvalue weighted by Gasteiger charge is 2.30. The molecule has 2 aromatic carbocycles. The number of carbonyl (C=O) groups is 2. The first kappa shape index (κ1) is 22.1. The molecular formula is C24H28N2O3S. The van der Waals surface area contributed by atoms with Gasteiger partial charge in [0.1, 0.15) is 6.54 Å². The van der Waals surface area contributed by atoms with Crippen LogP contribution in [0.5, 0.6) is 0 Å². The molecule has 0 spiro atoms. The number of thioether (sulfide) groups is 1. The molecule has 5 nitrogen and oxygen atoms in total. The van der Waals surface area contributed by atoms with Crippen LogP contribution in [0.4, 0.5) is 5.69 Å². The number of amides is 2. The van der Waals surface area contributed by atoms with Gasteiger partial charge in [0.15, 0.2) is 0 Å². The molecule has 0 bridgehead atoms. The van der Waals surface area contributed by atoms with E-state index < -0.39 is 0 Å². The van der Waals surface area contributed by atoms with Crippen molar-refractivity contribution in [2.45, 2.75) is 31.6 Å². The lowest BCUT2D eigenvalue weighted by Gasteiger charge is -2.29. The van der Waals surface area contributed by atoms with Crippen LogP contribution in [0.2, 0.25) is 0 Å². The lowest BCUT2D eigenvalue weighted by atomic mass is 10.1. The number of anilines is 1. The SMILES string of the molecule is CCOCCCNC(=O)CN1C(=O)/C(=C\c2ccc(CC)cc2)Sc2ccccc21. The van der Waals surface area contributed by atoms with Crippen molar-refractivity contribution in [3.8, 4) is 0 Å². The third-order valence-corrected chi connectivity index (χ3v) is 5.89. The Hall–Kier alpha value is -2.57. The molecule has 0 saturated heterocycles. The normalized spacial score (nSPS) is 14.7. The van der Waals surface area contributed by atoms with E-state index in [0.29, 0.717) is 24.7 Å². The van der Waals surface area contributed by atoms with Gasteiger partial charge in [-0.2, -0.15) is 0 Å². The number of benzene rings is 2. The van der Waals surface area contributed by atoms with Crippen molar-refractivity contribution in [1.82, 2.24) is 5.32 Å². The van der Waals surface area contributed by atoms with E-state index in [-0.39, 0.29) is 18.4 Å². The van der Waals surface area contributed by atoms with Crippen LogP contribution in [0.3, 0.4) is 0 Å². The number of carbonyl (C=O) groups excluding carboxylic acids is 2. The maximum absolute atomic E-state index is 13.2. The van der Waals surface area contributed by atoms with Gasteiger partial charge in [0.25, 0.3) is 5.91 Å². The highest BCUT2D eigenvalue weighted by atomic mass is 32.2. The lowest BCUT2D eigenvalue weighted by Crippen LogP contribution is -2.43. The first-order valence-electron chi connectivity index (χ1n) is 10.4. The molecule has 1 heterocycles. The second-order valence-corrected chi connectivity index (χ2v) is 8.05. The maximum atomic E-state index is 13.2. The number of nitrogens with zero attached hydrogens (tertiary/aromatic N) is 1. The van der Waals surface area contributed by atoms with E-state index in [0.717, 1.165) is 29.0 Å². The van der Waals surface area contributed by atoms with Crippen molar-refractivity contribution in [2.75, 3.05) is 31.2 Å². The lowest BCUT2D eigenvalue weighted by molar-refractivity contribution is -0.122. The molecule has 0 unspecified atom stereocenters. The molecule has 0 atom stereocenters. The standard InChI is InChI=1S/C24H28N2O3S/c1-3-18-10-12-19(13-11-18)16-22-24(28)26(20-8-5-6-9-21(20)30-22)17-23(27)25-14-7-15-29-4-2/h5-6,8-13,16H,3-4,7,14-15,17H2,1-2H3,(H,25,27)/b22-16+. The fraction of sp³-hybridized carbons (Fsp3) is 0.333. The highest BCUT2D eigenvalue weighted by Crippen LogP contribution is 2.41. The predicted molar refractivity (Wildman–Crippen MR) is 123 cm³/mol. The summed E-state index contributed by atoms with van der Waals surface area (Å²) in [5.41, 5.74) is 3.01. The number of hydrogen-bond acceptors (Lipinski definition) is 4. The smallest absolute Gasteiger partial charge is 0.265 e. The molecule has 0 radical (unpaired) electrons. The van der Waals surface area contributed by atoms with Crippen LogP contribution in [0.25, 0.3) is 6.08 Å². The number of rotatable bonds is 9. The van der Waals surface area contributed by atoms with E-state index in [4.69, 9.17) is 4.74 Å². The molecule has 30 heavy (non-hydrogen) atoms. The summed E-state index contributed by atoms with van der Waals surface area (Å²) in [7, 11) is 0. The third-order valence-electron chi connectivity index (χ3n) is 4.81. The quantitative estimate of drug-likeness (QED) is 0.482. The minimum absolute atomic E-state index is 0.00282. The van der Waals surface area contributed by atoms with E-state index in [1.807, 2.05) is 49.4 Å². The molecule has 0 fully saturated rings. The largest absolute Gasteiger partial charge is 0.382 e. The summed E-state index contributed by atoms with van der Waals surface area (Å²) in [4.78, 5) is 28.8. The topological polar surface area (TPSA) is 58.6 Å². The summed E-state index contributed by atoms with van der Waals surface area (Å²) in [5, 5.41) is 2.88. The van der Waals surface area contributed by atoms with Gasteiger partial charge in [-0.15, -0.1) is 0 Å². The first-order chi connectivity index (χ1) is 14.6. The third kappa shape index (κ3) is 5.74. The predicted octanol–water partition coefficient (Wildman–Crippen LogP) is 4.27. The molecule has 0 aromatic heterocycles. The fourth-order valence-corrected chi connectivity index (χ4v) is 4.22. The number of hydrogen-bond donors (Lipinski definition) is 1. The van der Waals surface area contributed by atoms with Crippen molar-refractivity contribution in [1.29, 1.82) is 0 Å². The second-order valence-electron chi connectivity index (χ2n) is 6.97. The van der Waals surface area contributed by atoms with Gasteiger partial charge in [-0.05, 0) is 49.1 Å². The Morgan fingerprint density at radius 1 is 1.13 bits per heavy atom. The molecule has 0 saturated carbocycles. The van der Waals surface area contributed by atoms with Gasteiger partial charge in [0, 0.05) is 24.7 Å². The molecule has 6 heteroatoms. The molecule has 1 aliphatic heterocycles. The molecule has 0 aliphatic carbocycles. The molecule has 1 N–H and O–H groups in total. The van der Waals surface area contributed by atoms with E-state index in [9.17, 15) is 9.59 Å². The van der Waals surface area contributed by atoms with Crippen molar-refractivity contribution >= 4 is 35.3 Å². The number of aryl methyl sites for hydroxylation is 1. The van der Waals surface area contributed by atoms with Crippen molar-refractivity contribution in [3.63, 3.8) is 0 Å². The van der Waals surface area contributed by atoms with Crippen LogP contribution in [0.15, 0.2) is 58.3 Å². The minimum Gasteiger partial charge on any atom is -0.382 e. The van der Waals surface area contributed by atoms with Gasteiger partial charge in [0.2, 0.25) is 5.91 Å². The van der Waals surface area contributed by atoms with E-state index in [1.54, 1.807) is 4.90 Å². The number of para-hydroxylation sites is 1. The van der Waals surface area contributed by atoms with Gasteiger partial charge in [0.05, 0.1) is 10.6 Å². The number of fused-ring (bicyclic) bond motifs is 1. The average Bonchev–Trinajstić information content (AvgIpc) is 2.77. The van der Waals surface area contributed by atoms with Crippen molar-refractivity contribution in [3.05, 3.63) is 64.6 Å². The van der Waals surface area contributed by atoms with E-state index >= 15 is 0 Å². The van der Waals surface area contributed by atoms with Crippen LogP contribution in [0, 0.1) is 0 Å². The first-order valence-corrected chi connectivity index (χ1v) is 11.2. The summed E-state index contributed by atoms with van der Waals surface area (Å²) < 4.78 is 5.29. The Kier molecular flexibility index (Phi) is 8.11. The Balaban J connectivity index is 1.75. The molecule has 3 rings (SSSR count). The summed E-state index contributed by atoms with van der Waals surface area (Å²) in [5.74, 6) is -0.323. The molecular weight excluding hydrogens is 396 g/mol. The van der Waals surface area contributed by atoms with Crippen LogP contribution in [-0.4, -0.2) is 38.1 Å². The van der Waals surface area contributed by atoms with Crippen molar-refractivity contribution in [2.24, 2.45) is 0 Å². The molecule has 2 aromatic rings.